The van der Waals surface area contributed by atoms with Gasteiger partial charge in [-0.2, -0.15) is 18.3 Å². The number of morpholine rings is 1. The standard InChI is InChI=1S/C21H26F3N3O/c22-21(23,24)17-8-6-16(7-9-17)20-14-18(15-26-10-12-28-13-11-26)25-27(20)19-4-2-1-3-5-19/h6-9,14,19H,1-5,10-13,15H2. The number of ether oxygens (including phenoxy) is 1. The molecule has 0 amide bonds. The summed E-state index contributed by atoms with van der Waals surface area (Å²) in [6.07, 6.45) is 1.43. The first-order valence-electron chi connectivity index (χ1n) is 10.1. The third-order valence-corrected chi connectivity index (χ3v) is 5.70. The van der Waals surface area contributed by atoms with E-state index in [1.54, 1.807) is 12.1 Å². The fraction of sp³-hybridized carbons (Fsp3) is 0.571. The quantitative estimate of drug-likeness (QED) is 0.740. The Morgan fingerprint density at radius 2 is 1.68 bits per heavy atom. The molecule has 1 aliphatic heterocycles. The second-order valence-corrected chi connectivity index (χ2v) is 7.72. The molecule has 4 rings (SSSR count). The first-order chi connectivity index (χ1) is 13.5. The summed E-state index contributed by atoms with van der Waals surface area (Å²) < 4.78 is 46.2. The van der Waals surface area contributed by atoms with E-state index in [-0.39, 0.29) is 0 Å². The van der Waals surface area contributed by atoms with E-state index >= 15 is 0 Å². The number of nitrogens with zero attached hydrogens (tertiary/aromatic N) is 3. The number of alkyl halides is 3. The maximum absolute atomic E-state index is 12.9. The normalized spacial score (nSPS) is 19.8. The predicted octanol–water partition coefficient (Wildman–Crippen LogP) is 4.91. The predicted molar refractivity (Wildman–Crippen MR) is 101 cm³/mol. The van der Waals surface area contributed by atoms with Crippen LogP contribution < -0.4 is 0 Å². The first-order valence-corrected chi connectivity index (χ1v) is 10.1. The number of benzene rings is 1. The minimum atomic E-state index is -4.32. The van der Waals surface area contributed by atoms with E-state index in [1.165, 1.54) is 19.3 Å². The monoisotopic (exact) mass is 393 g/mol. The number of aromatic nitrogens is 2. The number of hydrogen-bond donors (Lipinski definition) is 0. The van der Waals surface area contributed by atoms with Crippen molar-refractivity contribution in [2.45, 2.75) is 50.9 Å². The molecular weight excluding hydrogens is 367 g/mol. The molecule has 0 unspecified atom stereocenters. The van der Waals surface area contributed by atoms with Gasteiger partial charge in [0.25, 0.3) is 0 Å². The van der Waals surface area contributed by atoms with Crippen LogP contribution in [0, 0.1) is 0 Å². The fourth-order valence-electron chi connectivity index (χ4n) is 4.16. The molecule has 4 nitrogen and oxygen atoms in total. The van der Waals surface area contributed by atoms with Crippen molar-refractivity contribution in [1.29, 1.82) is 0 Å². The van der Waals surface area contributed by atoms with Crippen LogP contribution in [0.3, 0.4) is 0 Å². The minimum absolute atomic E-state index is 0.324. The highest BCUT2D eigenvalue weighted by atomic mass is 19.4. The average Bonchev–Trinajstić information content (AvgIpc) is 3.13. The molecule has 152 valence electrons. The smallest absolute Gasteiger partial charge is 0.379 e. The molecule has 1 saturated carbocycles. The average molecular weight is 393 g/mol. The Kier molecular flexibility index (Phi) is 5.73. The molecule has 2 fully saturated rings. The maximum Gasteiger partial charge on any atom is 0.416 e. The van der Waals surface area contributed by atoms with E-state index in [1.807, 2.05) is 6.07 Å². The molecular formula is C21H26F3N3O. The number of rotatable bonds is 4. The molecule has 2 aliphatic rings. The molecule has 0 bridgehead atoms. The van der Waals surface area contributed by atoms with Crippen molar-refractivity contribution in [1.82, 2.24) is 14.7 Å². The first kappa shape index (κ1) is 19.5. The van der Waals surface area contributed by atoms with Crippen LogP contribution >= 0.6 is 0 Å². The molecule has 1 aromatic heterocycles. The second-order valence-electron chi connectivity index (χ2n) is 7.72. The fourth-order valence-corrected chi connectivity index (χ4v) is 4.16. The summed E-state index contributed by atoms with van der Waals surface area (Å²) in [6, 6.07) is 7.83. The largest absolute Gasteiger partial charge is 0.416 e. The summed E-state index contributed by atoms with van der Waals surface area (Å²) in [7, 11) is 0. The van der Waals surface area contributed by atoms with Gasteiger partial charge in [0.05, 0.1) is 36.2 Å². The lowest BCUT2D eigenvalue weighted by atomic mass is 9.95. The van der Waals surface area contributed by atoms with Crippen LogP contribution in [0.5, 0.6) is 0 Å². The molecule has 0 N–H and O–H groups in total. The van der Waals surface area contributed by atoms with Gasteiger partial charge in [0, 0.05) is 19.6 Å². The Morgan fingerprint density at radius 1 is 1.00 bits per heavy atom. The van der Waals surface area contributed by atoms with Crippen LogP contribution in [-0.4, -0.2) is 41.0 Å². The summed E-state index contributed by atoms with van der Waals surface area (Å²) in [4.78, 5) is 2.31. The Balaban J connectivity index is 1.63. The molecule has 1 aliphatic carbocycles. The molecule has 0 radical (unpaired) electrons. The highest BCUT2D eigenvalue weighted by molar-refractivity contribution is 5.61. The van der Waals surface area contributed by atoms with E-state index in [0.717, 1.165) is 74.8 Å². The van der Waals surface area contributed by atoms with Crippen LogP contribution in [0.15, 0.2) is 30.3 Å². The van der Waals surface area contributed by atoms with Crippen LogP contribution in [0.1, 0.15) is 49.4 Å². The van der Waals surface area contributed by atoms with E-state index in [2.05, 4.69) is 9.58 Å². The Hall–Kier alpha value is -1.86. The third kappa shape index (κ3) is 4.41. The molecule has 0 atom stereocenters. The van der Waals surface area contributed by atoms with Crippen molar-refractivity contribution in [2.24, 2.45) is 0 Å². The van der Waals surface area contributed by atoms with Crippen LogP contribution in [0.2, 0.25) is 0 Å². The highest BCUT2D eigenvalue weighted by Gasteiger charge is 2.30. The van der Waals surface area contributed by atoms with E-state index in [4.69, 9.17) is 9.84 Å². The SMILES string of the molecule is FC(F)(F)c1ccc(-c2cc(CN3CCOCC3)nn2C2CCCCC2)cc1. The van der Waals surface area contributed by atoms with Gasteiger partial charge in [-0.05, 0) is 36.6 Å². The van der Waals surface area contributed by atoms with Gasteiger partial charge in [0.1, 0.15) is 0 Å². The molecule has 2 aromatic rings. The van der Waals surface area contributed by atoms with Gasteiger partial charge in [-0.15, -0.1) is 0 Å². The van der Waals surface area contributed by atoms with Crippen molar-refractivity contribution >= 4 is 0 Å². The molecule has 7 heteroatoms. The van der Waals surface area contributed by atoms with E-state index in [9.17, 15) is 13.2 Å². The highest BCUT2D eigenvalue weighted by Crippen LogP contribution is 2.35. The van der Waals surface area contributed by atoms with E-state index < -0.39 is 11.7 Å². The van der Waals surface area contributed by atoms with Crippen molar-refractivity contribution in [2.75, 3.05) is 26.3 Å². The summed E-state index contributed by atoms with van der Waals surface area (Å²) in [6.45, 7) is 3.97. The van der Waals surface area contributed by atoms with Crippen LogP contribution in [0.4, 0.5) is 13.2 Å². The molecule has 28 heavy (non-hydrogen) atoms. The van der Waals surface area contributed by atoms with Gasteiger partial charge in [-0.25, -0.2) is 0 Å². The Bertz CT molecular complexity index is 773. The van der Waals surface area contributed by atoms with Crippen molar-refractivity contribution in [3.63, 3.8) is 0 Å². The minimum Gasteiger partial charge on any atom is -0.379 e. The van der Waals surface area contributed by atoms with Crippen molar-refractivity contribution < 1.29 is 17.9 Å². The lowest BCUT2D eigenvalue weighted by Gasteiger charge is -2.26. The van der Waals surface area contributed by atoms with Gasteiger partial charge >= 0.3 is 6.18 Å². The van der Waals surface area contributed by atoms with Gasteiger partial charge < -0.3 is 4.74 Å². The number of halogens is 3. The van der Waals surface area contributed by atoms with Gasteiger partial charge in [-0.1, -0.05) is 31.4 Å². The third-order valence-electron chi connectivity index (χ3n) is 5.70. The van der Waals surface area contributed by atoms with Gasteiger partial charge in [0.2, 0.25) is 0 Å². The summed E-state index contributed by atoms with van der Waals surface area (Å²) >= 11 is 0. The van der Waals surface area contributed by atoms with Crippen LogP contribution in [0.25, 0.3) is 11.3 Å². The Morgan fingerprint density at radius 3 is 2.32 bits per heavy atom. The second kappa shape index (κ2) is 8.25. The van der Waals surface area contributed by atoms with E-state index in [0.29, 0.717) is 6.04 Å². The lowest BCUT2D eigenvalue weighted by molar-refractivity contribution is -0.137. The zero-order chi connectivity index (χ0) is 19.6. The summed E-state index contributed by atoms with van der Waals surface area (Å²) in [5.41, 5.74) is 2.07. The zero-order valence-corrected chi connectivity index (χ0v) is 15.9. The molecule has 0 spiro atoms. The lowest BCUT2D eigenvalue weighted by Crippen LogP contribution is -2.35. The van der Waals surface area contributed by atoms with Crippen LogP contribution in [-0.2, 0) is 17.5 Å². The van der Waals surface area contributed by atoms with Gasteiger partial charge in [0.15, 0.2) is 0 Å². The molecule has 1 saturated heterocycles. The van der Waals surface area contributed by atoms with Gasteiger partial charge in [-0.3, -0.25) is 9.58 Å². The number of hydrogen-bond acceptors (Lipinski definition) is 3. The molecule has 2 heterocycles. The maximum atomic E-state index is 12.9. The zero-order valence-electron chi connectivity index (χ0n) is 15.9. The Labute approximate surface area is 163 Å². The summed E-state index contributed by atoms with van der Waals surface area (Å²) in [5, 5.41) is 4.89. The summed E-state index contributed by atoms with van der Waals surface area (Å²) in [5.74, 6) is 0. The van der Waals surface area contributed by atoms with Crippen molar-refractivity contribution in [3.05, 3.63) is 41.6 Å². The molecule has 1 aromatic carbocycles. The topological polar surface area (TPSA) is 30.3 Å². The van der Waals surface area contributed by atoms with Crippen molar-refractivity contribution in [3.8, 4) is 11.3 Å².